The van der Waals surface area contributed by atoms with E-state index in [1.165, 1.54) is 0 Å². The molecule has 20 heavy (non-hydrogen) atoms. The van der Waals surface area contributed by atoms with Gasteiger partial charge in [0.15, 0.2) is 0 Å². The number of carbonyl (C=O) groups is 2. The van der Waals surface area contributed by atoms with Crippen LogP contribution in [0.4, 0.5) is 0 Å². The molecule has 0 spiro atoms. The van der Waals surface area contributed by atoms with Crippen molar-refractivity contribution >= 4 is 24.3 Å². The fraction of sp³-hybridized carbons (Fsp3) is 0.857. The standard InChI is InChI=1S/C14H28N2O3.ClH/c1-9(2)6-10(7-11(17)18)8-16-13(19)12(15)14(3,4)5;/h9-10,12H,6-8,15H2,1-5H3,(H,16,19)(H,17,18);1H/t10?,12-;/m1./s1. The Morgan fingerprint density at radius 3 is 2.10 bits per heavy atom. The van der Waals surface area contributed by atoms with Gasteiger partial charge in [-0.1, -0.05) is 34.6 Å². The number of amides is 1. The summed E-state index contributed by atoms with van der Waals surface area (Å²) in [5, 5.41) is 11.6. The molecule has 120 valence electrons. The van der Waals surface area contributed by atoms with Crippen LogP contribution in [-0.2, 0) is 9.59 Å². The van der Waals surface area contributed by atoms with Gasteiger partial charge < -0.3 is 16.2 Å². The van der Waals surface area contributed by atoms with Crippen molar-refractivity contribution in [3.05, 3.63) is 0 Å². The zero-order chi connectivity index (χ0) is 15.2. The SMILES string of the molecule is CC(C)CC(CNC(=O)[C@@H](N)C(C)(C)C)CC(=O)O.Cl. The molecule has 0 aliphatic heterocycles. The Bertz CT molecular complexity index is 314. The molecule has 0 fully saturated rings. The second-order valence-corrected chi connectivity index (χ2v) is 6.68. The molecule has 4 N–H and O–H groups in total. The molecule has 1 unspecified atom stereocenters. The van der Waals surface area contributed by atoms with Crippen molar-refractivity contribution in [3.8, 4) is 0 Å². The Morgan fingerprint density at radius 1 is 1.25 bits per heavy atom. The molecule has 0 aromatic carbocycles. The molecule has 5 nitrogen and oxygen atoms in total. The molecule has 0 aliphatic carbocycles. The lowest BCUT2D eigenvalue weighted by molar-refractivity contribution is -0.138. The zero-order valence-electron chi connectivity index (χ0n) is 13.1. The number of nitrogens with two attached hydrogens (primary N) is 1. The average molecular weight is 309 g/mol. The van der Waals surface area contributed by atoms with Crippen molar-refractivity contribution in [1.82, 2.24) is 5.32 Å². The normalized spacial score (nSPS) is 14.3. The smallest absolute Gasteiger partial charge is 0.303 e. The number of halogens is 1. The van der Waals surface area contributed by atoms with Gasteiger partial charge in [0, 0.05) is 13.0 Å². The highest BCUT2D eigenvalue weighted by Crippen LogP contribution is 2.18. The minimum Gasteiger partial charge on any atom is -0.481 e. The Kier molecular flexibility index (Phi) is 9.87. The lowest BCUT2D eigenvalue weighted by Gasteiger charge is -2.27. The van der Waals surface area contributed by atoms with Crippen molar-refractivity contribution < 1.29 is 14.7 Å². The van der Waals surface area contributed by atoms with Crippen LogP contribution in [0, 0.1) is 17.3 Å². The second-order valence-electron chi connectivity index (χ2n) is 6.68. The third kappa shape index (κ3) is 9.15. The molecule has 0 aliphatic rings. The summed E-state index contributed by atoms with van der Waals surface area (Å²) in [6, 6.07) is -0.586. The van der Waals surface area contributed by atoms with Crippen molar-refractivity contribution in [1.29, 1.82) is 0 Å². The van der Waals surface area contributed by atoms with Gasteiger partial charge in [-0.15, -0.1) is 12.4 Å². The molecule has 0 saturated heterocycles. The first-order chi connectivity index (χ1) is 8.54. The number of carbonyl (C=O) groups excluding carboxylic acids is 1. The first-order valence-corrected chi connectivity index (χ1v) is 6.79. The summed E-state index contributed by atoms with van der Waals surface area (Å²) in [5.41, 5.74) is 5.55. The lowest BCUT2D eigenvalue weighted by atomic mass is 9.86. The predicted octanol–water partition coefficient (Wildman–Crippen LogP) is 2.03. The highest BCUT2D eigenvalue weighted by atomic mass is 35.5. The van der Waals surface area contributed by atoms with Crippen LogP contribution in [0.1, 0.15) is 47.5 Å². The first-order valence-electron chi connectivity index (χ1n) is 6.79. The van der Waals surface area contributed by atoms with E-state index in [1.807, 2.05) is 34.6 Å². The van der Waals surface area contributed by atoms with E-state index in [1.54, 1.807) is 0 Å². The Labute approximate surface area is 128 Å². The lowest BCUT2D eigenvalue weighted by Crippen LogP contribution is -2.49. The summed E-state index contributed by atoms with van der Waals surface area (Å²) in [5.74, 6) is -0.696. The van der Waals surface area contributed by atoms with E-state index >= 15 is 0 Å². The minimum absolute atomic E-state index is 0. The number of nitrogens with one attached hydrogen (secondary N) is 1. The monoisotopic (exact) mass is 308 g/mol. The van der Waals surface area contributed by atoms with E-state index in [0.29, 0.717) is 12.5 Å². The van der Waals surface area contributed by atoms with Crippen LogP contribution in [0.3, 0.4) is 0 Å². The molecular formula is C14H29ClN2O3. The van der Waals surface area contributed by atoms with Gasteiger partial charge in [0.05, 0.1) is 6.04 Å². The topological polar surface area (TPSA) is 92.4 Å². The Morgan fingerprint density at radius 2 is 1.75 bits per heavy atom. The number of hydrogen-bond acceptors (Lipinski definition) is 3. The maximum absolute atomic E-state index is 11.9. The molecule has 6 heteroatoms. The maximum Gasteiger partial charge on any atom is 0.303 e. The molecule has 0 saturated carbocycles. The van der Waals surface area contributed by atoms with Crippen molar-refractivity contribution in [2.45, 2.75) is 53.5 Å². The highest BCUT2D eigenvalue weighted by Gasteiger charge is 2.27. The van der Waals surface area contributed by atoms with E-state index in [4.69, 9.17) is 10.8 Å². The molecule has 0 rings (SSSR count). The molecular weight excluding hydrogens is 280 g/mol. The van der Waals surface area contributed by atoms with Crippen molar-refractivity contribution in [3.63, 3.8) is 0 Å². The summed E-state index contributed by atoms with van der Waals surface area (Å²) in [4.78, 5) is 22.7. The number of carboxylic acids is 1. The van der Waals surface area contributed by atoms with Gasteiger partial charge in [-0.25, -0.2) is 0 Å². The average Bonchev–Trinajstić information content (AvgIpc) is 2.21. The molecule has 2 atom stereocenters. The summed E-state index contributed by atoms with van der Waals surface area (Å²) < 4.78 is 0. The predicted molar refractivity (Wildman–Crippen MR) is 82.9 cm³/mol. The van der Waals surface area contributed by atoms with Crippen LogP contribution < -0.4 is 11.1 Å². The summed E-state index contributed by atoms with van der Waals surface area (Å²) in [7, 11) is 0. The van der Waals surface area contributed by atoms with Gasteiger partial charge in [0.1, 0.15) is 0 Å². The van der Waals surface area contributed by atoms with Gasteiger partial charge in [-0.3, -0.25) is 9.59 Å². The molecule has 0 heterocycles. The van der Waals surface area contributed by atoms with Gasteiger partial charge in [-0.05, 0) is 23.7 Å². The van der Waals surface area contributed by atoms with Crippen LogP contribution in [0.25, 0.3) is 0 Å². The minimum atomic E-state index is -0.833. The zero-order valence-corrected chi connectivity index (χ0v) is 13.9. The third-order valence-electron chi connectivity index (χ3n) is 3.05. The number of rotatable bonds is 7. The van der Waals surface area contributed by atoms with E-state index in [9.17, 15) is 9.59 Å². The number of aliphatic carboxylic acids is 1. The summed E-state index contributed by atoms with van der Waals surface area (Å²) in [6.45, 7) is 10.2. The van der Waals surface area contributed by atoms with E-state index < -0.39 is 12.0 Å². The maximum atomic E-state index is 11.9. The molecule has 0 bridgehead atoms. The number of carboxylic acid groups (broad SMARTS) is 1. The van der Waals surface area contributed by atoms with Gasteiger partial charge in [-0.2, -0.15) is 0 Å². The quantitative estimate of drug-likeness (QED) is 0.671. The van der Waals surface area contributed by atoms with Crippen LogP contribution in [-0.4, -0.2) is 29.6 Å². The van der Waals surface area contributed by atoms with E-state index in [2.05, 4.69) is 5.32 Å². The summed E-state index contributed by atoms with van der Waals surface area (Å²) in [6.07, 6.45) is 0.848. The second kappa shape index (κ2) is 9.19. The van der Waals surface area contributed by atoms with Crippen LogP contribution >= 0.6 is 12.4 Å². The fourth-order valence-electron chi connectivity index (χ4n) is 1.90. The number of hydrogen-bond donors (Lipinski definition) is 3. The first kappa shape index (κ1) is 21.5. The van der Waals surface area contributed by atoms with Crippen LogP contribution in [0.2, 0.25) is 0 Å². The molecule has 0 aromatic rings. The van der Waals surface area contributed by atoms with Gasteiger partial charge >= 0.3 is 5.97 Å². The Balaban J connectivity index is 0. The molecule has 1 amide bonds. The van der Waals surface area contributed by atoms with Crippen LogP contribution in [0.5, 0.6) is 0 Å². The summed E-state index contributed by atoms with van der Waals surface area (Å²) >= 11 is 0. The third-order valence-corrected chi connectivity index (χ3v) is 3.05. The Hall–Kier alpha value is -0.810. The van der Waals surface area contributed by atoms with E-state index in [0.717, 1.165) is 6.42 Å². The van der Waals surface area contributed by atoms with E-state index in [-0.39, 0.29) is 36.1 Å². The van der Waals surface area contributed by atoms with Crippen molar-refractivity contribution in [2.75, 3.05) is 6.54 Å². The van der Waals surface area contributed by atoms with Crippen LogP contribution in [0.15, 0.2) is 0 Å². The highest BCUT2D eigenvalue weighted by molar-refractivity contribution is 5.85. The fourth-order valence-corrected chi connectivity index (χ4v) is 1.90. The van der Waals surface area contributed by atoms with Crippen molar-refractivity contribution in [2.24, 2.45) is 23.0 Å². The molecule has 0 radical (unpaired) electrons. The largest absolute Gasteiger partial charge is 0.481 e. The van der Waals surface area contributed by atoms with Gasteiger partial charge in [0.2, 0.25) is 5.91 Å². The van der Waals surface area contributed by atoms with Gasteiger partial charge in [0.25, 0.3) is 0 Å². The molecule has 0 aromatic heterocycles.